The van der Waals surface area contributed by atoms with Gasteiger partial charge < -0.3 is 10.4 Å². The van der Waals surface area contributed by atoms with Crippen molar-refractivity contribution in [2.45, 2.75) is 39.0 Å². The van der Waals surface area contributed by atoms with Crippen molar-refractivity contribution >= 4 is 21.8 Å². The van der Waals surface area contributed by atoms with Crippen LogP contribution < -0.4 is 5.32 Å². The van der Waals surface area contributed by atoms with Gasteiger partial charge in [0.25, 0.3) is 0 Å². The lowest BCUT2D eigenvalue weighted by molar-refractivity contribution is -0.121. The monoisotopic (exact) mass is 341 g/mol. The highest BCUT2D eigenvalue weighted by Gasteiger charge is 2.09. The molecule has 112 valence electrons. The number of aryl methyl sites for hydroxylation is 1. The van der Waals surface area contributed by atoms with E-state index in [9.17, 15) is 4.79 Å². The summed E-state index contributed by atoms with van der Waals surface area (Å²) >= 11 is 3.43. The third kappa shape index (κ3) is 7.06. The van der Waals surface area contributed by atoms with Crippen molar-refractivity contribution in [2.75, 3.05) is 13.2 Å². The van der Waals surface area contributed by atoms with Crippen molar-refractivity contribution in [3.05, 3.63) is 34.3 Å². The van der Waals surface area contributed by atoms with Crippen LogP contribution >= 0.6 is 15.9 Å². The summed E-state index contributed by atoms with van der Waals surface area (Å²) in [6.45, 7) is 2.99. The Balaban J connectivity index is 2.29. The zero-order valence-electron chi connectivity index (χ0n) is 12.1. The zero-order chi connectivity index (χ0) is 14.8. The minimum atomic E-state index is 0.0871. The summed E-state index contributed by atoms with van der Waals surface area (Å²) in [5.74, 6) is 0.476. The second kappa shape index (κ2) is 9.94. The number of benzene rings is 1. The molecule has 0 heterocycles. The number of rotatable bonds is 9. The highest BCUT2D eigenvalue weighted by molar-refractivity contribution is 9.10. The minimum absolute atomic E-state index is 0.0871. The molecule has 1 unspecified atom stereocenters. The van der Waals surface area contributed by atoms with Crippen LogP contribution in [0.3, 0.4) is 0 Å². The molecule has 20 heavy (non-hydrogen) atoms. The SMILES string of the molecule is CCCC(CCO)CNC(=O)CCc1cccc(Br)c1. The molecule has 1 amide bonds. The summed E-state index contributed by atoms with van der Waals surface area (Å²) in [5, 5.41) is 12.0. The maximum absolute atomic E-state index is 11.8. The van der Waals surface area contributed by atoms with Crippen molar-refractivity contribution < 1.29 is 9.90 Å². The van der Waals surface area contributed by atoms with E-state index in [0.717, 1.165) is 35.7 Å². The number of hydrogen-bond acceptors (Lipinski definition) is 2. The standard InChI is InChI=1S/C16H24BrNO2/c1-2-4-14(9-10-19)12-18-16(20)8-7-13-5-3-6-15(17)11-13/h3,5-6,11,14,19H,2,4,7-10,12H2,1H3,(H,18,20). The molecule has 1 atom stereocenters. The summed E-state index contributed by atoms with van der Waals surface area (Å²) in [6, 6.07) is 8.03. The van der Waals surface area contributed by atoms with E-state index in [2.05, 4.69) is 28.2 Å². The molecule has 1 aromatic carbocycles. The maximum Gasteiger partial charge on any atom is 0.220 e. The fourth-order valence-corrected chi connectivity index (χ4v) is 2.68. The van der Waals surface area contributed by atoms with Gasteiger partial charge in [-0.15, -0.1) is 0 Å². The average Bonchev–Trinajstić information content (AvgIpc) is 2.43. The van der Waals surface area contributed by atoms with E-state index < -0.39 is 0 Å². The molecule has 0 fully saturated rings. The Hall–Kier alpha value is -0.870. The Morgan fingerprint density at radius 3 is 2.85 bits per heavy atom. The first-order chi connectivity index (χ1) is 9.65. The molecule has 0 saturated carbocycles. The molecule has 1 aromatic rings. The van der Waals surface area contributed by atoms with Gasteiger partial charge in [-0.1, -0.05) is 41.4 Å². The van der Waals surface area contributed by atoms with Crippen molar-refractivity contribution in [3.8, 4) is 0 Å². The van der Waals surface area contributed by atoms with Gasteiger partial charge in [0.15, 0.2) is 0 Å². The highest BCUT2D eigenvalue weighted by Crippen LogP contribution is 2.13. The number of amides is 1. The van der Waals surface area contributed by atoms with Crippen molar-refractivity contribution in [3.63, 3.8) is 0 Å². The van der Waals surface area contributed by atoms with Crippen LogP contribution in [-0.2, 0) is 11.2 Å². The Morgan fingerprint density at radius 1 is 1.40 bits per heavy atom. The number of halogens is 1. The summed E-state index contributed by atoms with van der Waals surface area (Å²) in [6.07, 6.45) is 4.16. The Bertz CT molecular complexity index is 403. The lowest BCUT2D eigenvalue weighted by Crippen LogP contribution is -2.29. The summed E-state index contributed by atoms with van der Waals surface area (Å²) < 4.78 is 1.04. The highest BCUT2D eigenvalue weighted by atomic mass is 79.9. The van der Waals surface area contributed by atoms with E-state index >= 15 is 0 Å². The molecular formula is C16H24BrNO2. The molecule has 0 aliphatic rings. The molecule has 3 nitrogen and oxygen atoms in total. The van der Waals surface area contributed by atoms with Gasteiger partial charge in [0.2, 0.25) is 5.91 Å². The van der Waals surface area contributed by atoms with Crippen molar-refractivity contribution in [1.29, 1.82) is 0 Å². The fourth-order valence-electron chi connectivity index (χ4n) is 2.24. The quantitative estimate of drug-likeness (QED) is 0.723. The predicted octanol–water partition coefficient (Wildman–Crippen LogP) is 3.30. The van der Waals surface area contributed by atoms with Crippen LogP contribution in [0.2, 0.25) is 0 Å². The van der Waals surface area contributed by atoms with Crippen LogP contribution in [0.5, 0.6) is 0 Å². The van der Waals surface area contributed by atoms with E-state index in [-0.39, 0.29) is 12.5 Å². The molecule has 0 aliphatic heterocycles. The number of aliphatic hydroxyl groups is 1. The molecule has 2 N–H and O–H groups in total. The van der Waals surface area contributed by atoms with Gasteiger partial charge in [0.1, 0.15) is 0 Å². The van der Waals surface area contributed by atoms with E-state index in [1.54, 1.807) is 0 Å². The molecule has 0 radical (unpaired) electrons. The topological polar surface area (TPSA) is 49.3 Å². The third-order valence-electron chi connectivity index (χ3n) is 3.35. The van der Waals surface area contributed by atoms with Crippen LogP contribution in [0, 0.1) is 5.92 Å². The Kier molecular flexibility index (Phi) is 8.54. The third-order valence-corrected chi connectivity index (χ3v) is 3.85. The van der Waals surface area contributed by atoms with Gasteiger partial charge in [-0.05, 0) is 42.9 Å². The van der Waals surface area contributed by atoms with E-state index in [1.165, 1.54) is 0 Å². The normalized spacial score (nSPS) is 12.2. The first-order valence-corrected chi connectivity index (χ1v) is 8.07. The lowest BCUT2D eigenvalue weighted by atomic mass is 10.00. The molecule has 0 aliphatic carbocycles. The molecule has 0 bridgehead atoms. The molecule has 0 saturated heterocycles. The first kappa shape index (κ1) is 17.2. The summed E-state index contributed by atoms with van der Waals surface area (Å²) in [7, 11) is 0. The van der Waals surface area contributed by atoms with Crippen LogP contribution in [0.4, 0.5) is 0 Å². The number of aliphatic hydroxyl groups excluding tert-OH is 1. The van der Waals surface area contributed by atoms with E-state index in [4.69, 9.17) is 5.11 Å². The van der Waals surface area contributed by atoms with Crippen molar-refractivity contribution in [2.24, 2.45) is 5.92 Å². The van der Waals surface area contributed by atoms with Crippen LogP contribution in [-0.4, -0.2) is 24.2 Å². The molecule has 0 spiro atoms. The molecular weight excluding hydrogens is 318 g/mol. The number of hydrogen-bond donors (Lipinski definition) is 2. The Labute approximate surface area is 129 Å². The Morgan fingerprint density at radius 2 is 2.20 bits per heavy atom. The van der Waals surface area contributed by atoms with Gasteiger partial charge >= 0.3 is 0 Å². The molecule has 1 rings (SSSR count). The predicted molar refractivity (Wildman–Crippen MR) is 85.6 cm³/mol. The molecule has 0 aromatic heterocycles. The second-order valence-corrected chi connectivity index (χ2v) is 6.02. The minimum Gasteiger partial charge on any atom is -0.396 e. The summed E-state index contributed by atoms with van der Waals surface area (Å²) in [5.41, 5.74) is 1.16. The summed E-state index contributed by atoms with van der Waals surface area (Å²) in [4.78, 5) is 11.8. The van der Waals surface area contributed by atoms with Gasteiger partial charge in [0.05, 0.1) is 0 Å². The second-order valence-electron chi connectivity index (χ2n) is 5.10. The zero-order valence-corrected chi connectivity index (χ0v) is 13.7. The maximum atomic E-state index is 11.8. The number of carbonyl (C=O) groups excluding carboxylic acids is 1. The van der Waals surface area contributed by atoms with Gasteiger partial charge in [0, 0.05) is 24.0 Å². The average molecular weight is 342 g/mol. The number of carbonyl (C=O) groups is 1. The van der Waals surface area contributed by atoms with Crippen LogP contribution in [0.1, 0.15) is 38.2 Å². The molecule has 4 heteroatoms. The largest absolute Gasteiger partial charge is 0.396 e. The van der Waals surface area contributed by atoms with Gasteiger partial charge in [-0.2, -0.15) is 0 Å². The van der Waals surface area contributed by atoms with E-state index in [1.807, 2.05) is 24.3 Å². The van der Waals surface area contributed by atoms with Crippen LogP contribution in [0.15, 0.2) is 28.7 Å². The first-order valence-electron chi connectivity index (χ1n) is 7.27. The smallest absolute Gasteiger partial charge is 0.220 e. The van der Waals surface area contributed by atoms with E-state index in [0.29, 0.717) is 18.9 Å². The fraction of sp³-hybridized carbons (Fsp3) is 0.562. The van der Waals surface area contributed by atoms with Gasteiger partial charge in [-0.3, -0.25) is 4.79 Å². The lowest BCUT2D eigenvalue weighted by Gasteiger charge is -2.15. The number of nitrogens with one attached hydrogen (secondary N) is 1. The van der Waals surface area contributed by atoms with Gasteiger partial charge in [-0.25, -0.2) is 0 Å². The van der Waals surface area contributed by atoms with Crippen LogP contribution in [0.25, 0.3) is 0 Å². The van der Waals surface area contributed by atoms with Crippen molar-refractivity contribution in [1.82, 2.24) is 5.32 Å².